The standard InChI is InChI=1S/C16H18ClNO2S/c1-9-7-13(11(3)21-9)10(2)18-15-6-5-12(17)8-14(15)16(19)20-4/h5-8,10,18H,1-4H3. The van der Waals surface area contributed by atoms with Gasteiger partial charge in [-0.2, -0.15) is 0 Å². The fourth-order valence-corrected chi connectivity index (χ4v) is 3.51. The van der Waals surface area contributed by atoms with Gasteiger partial charge in [0, 0.05) is 26.5 Å². The van der Waals surface area contributed by atoms with Gasteiger partial charge < -0.3 is 10.1 Å². The minimum Gasteiger partial charge on any atom is -0.465 e. The van der Waals surface area contributed by atoms with Gasteiger partial charge in [0.05, 0.1) is 12.7 Å². The van der Waals surface area contributed by atoms with Crippen LogP contribution in [0.2, 0.25) is 5.02 Å². The zero-order valence-electron chi connectivity index (χ0n) is 12.5. The molecule has 0 aliphatic heterocycles. The van der Waals surface area contributed by atoms with E-state index >= 15 is 0 Å². The van der Waals surface area contributed by atoms with Crippen LogP contribution >= 0.6 is 22.9 Å². The molecule has 0 fully saturated rings. The zero-order valence-corrected chi connectivity index (χ0v) is 14.1. The maximum Gasteiger partial charge on any atom is 0.340 e. The van der Waals surface area contributed by atoms with Crippen LogP contribution in [0.4, 0.5) is 5.69 Å². The van der Waals surface area contributed by atoms with E-state index in [1.807, 2.05) is 0 Å². The second kappa shape index (κ2) is 6.50. The number of nitrogens with one attached hydrogen (secondary N) is 1. The lowest BCUT2D eigenvalue weighted by molar-refractivity contribution is 0.0602. The first-order valence-electron chi connectivity index (χ1n) is 6.63. The Bertz CT molecular complexity index is 666. The predicted molar refractivity (Wildman–Crippen MR) is 88.6 cm³/mol. The number of thiophene rings is 1. The maximum absolute atomic E-state index is 11.9. The molecular weight excluding hydrogens is 306 g/mol. The average Bonchev–Trinajstić information content (AvgIpc) is 2.78. The fraction of sp³-hybridized carbons (Fsp3) is 0.312. The van der Waals surface area contributed by atoms with Crippen molar-refractivity contribution in [2.75, 3.05) is 12.4 Å². The molecule has 1 aromatic carbocycles. The molecule has 1 heterocycles. The van der Waals surface area contributed by atoms with Gasteiger partial charge in [-0.1, -0.05) is 11.6 Å². The van der Waals surface area contributed by atoms with E-state index in [9.17, 15) is 4.79 Å². The molecule has 112 valence electrons. The van der Waals surface area contributed by atoms with Gasteiger partial charge in [-0.15, -0.1) is 11.3 Å². The molecule has 1 atom stereocenters. The molecule has 0 aliphatic carbocycles. The zero-order chi connectivity index (χ0) is 15.6. The largest absolute Gasteiger partial charge is 0.465 e. The summed E-state index contributed by atoms with van der Waals surface area (Å²) in [4.78, 5) is 14.4. The number of hydrogen-bond acceptors (Lipinski definition) is 4. The molecule has 1 unspecified atom stereocenters. The van der Waals surface area contributed by atoms with Crippen LogP contribution in [0, 0.1) is 13.8 Å². The third-order valence-electron chi connectivity index (χ3n) is 3.30. The Morgan fingerprint density at radius 2 is 2.05 bits per heavy atom. The number of carbonyl (C=O) groups is 1. The third kappa shape index (κ3) is 3.57. The van der Waals surface area contributed by atoms with Gasteiger partial charge in [-0.3, -0.25) is 0 Å². The van der Waals surface area contributed by atoms with E-state index in [4.69, 9.17) is 16.3 Å². The molecule has 0 saturated carbocycles. The Morgan fingerprint density at radius 3 is 2.62 bits per heavy atom. The summed E-state index contributed by atoms with van der Waals surface area (Å²) < 4.78 is 4.81. The number of esters is 1. The number of halogens is 1. The molecule has 21 heavy (non-hydrogen) atoms. The Hall–Kier alpha value is -1.52. The highest BCUT2D eigenvalue weighted by atomic mass is 35.5. The van der Waals surface area contributed by atoms with Crippen molar-refractivity contribution in [1.29, 1.82) is 0 Å². The van der Waals surface area contributed by atoms with Crippen molar-refractivity contribution < 1.29 is 9.53 Å². The third-order valence-corrected chi connectivity index (χ3v) is 4.52. The normalized spacial score (nSPS) is 12.0. The highest BCUT2D eigenvalue weighted by Crippen LogP contribution is 2.30. The number of hydrogen-bond donors (Lipinski definition) is 1. The minimum absolute atomic E-state index is 0.0968. The molecule has 2 rings (SSSR count). The Kier molecular flexibility index (Phi) is 4.91. The summed E-state index contributed by atoms with van der Waals surface area (Å²) in [6.07, 6.45) is 0. The molecular formula is C16H18ClNO2S. The number of ether oxygens (including phenoxy) is 1. The SMILES string of the molecule is COC(=O)c1cc(Cl)ccc1NC(C)c1cc(C)sc1C. The molecule has 1 aromatic heterocycles. The van der Waals surface area contributed by atoms with Crippen molar-refractivity contribution in [1.82, 2.24) is 0 Å². The van der Waals surface area contributed by atoms with Crippen LogP contribution in [0.3, 0.4) is 0 Å². The van der Waals surface area contributed by atoms with Crippen molar-refractivity contribution in [3.05, 3.63) is 50.2 Å². The fourth-order valence-electron chi connectivity index (χ4n) is 2.31. The van der Waals surface area contributed by atoms with Crippen molar-refractivity contribution in [3.8, 4) is 0 Å². The number of methoxy groups -OCH3 is 1. The van der Waals surface area contributed by atoms with E-state index in [0.717, 1.165) is 5.69 Å². The molecule has 2 aromatic rings. The summed E-state index contributed by atoms with van der Waals surface area (Å²) in [5.74, 6) is -0.398. The van der Waals surface area contributed by atoms with Crippen molar-refractivity contribution in [2.24, 2.45) is 0 Å². The summed E-state index contributed by atoms with van der Waals surface area (Å²) in [6, 6.07) is 7.45. The Labute approximate surface area is 133 Å². The maximum atomic E-state index is 11.9. The summed E-state index contributed by atoms with van der Waals surface area (Å²) >= 11 is 7.74. The number of benzene rings is 1. The van der Waals surface area contributed by atoms with Gasteiger partial charge in [-0.05, 0) is 50.6 Å². The van der Waals surface area contributed by atoms with Crippen molar-refractivity contribution >= 4 is 34.6 Å². The Morgan fingerprint density at radius 1 is 1.33 bits per heavy atom. The molecule has 0 bridgehead atoms. The topological polar surface area (TPSA) is 38.3 Å². The molecule has 0 aliphatic rings. The van der Waals surface area contributed by atoms with Crippen molar-refractivity contribution in [2.45, 2.75) is 26.8 Å². The lowest BCUT2D eigenvalue weighted by atomic mass is 10.1. The van der Waals surface area contributed by atoms with E-state index < -0.39 is 5.97 Å². The Balaban J connectivity index is 2.31. The predicted octanol–water partition coefficient (Wildman–Crippen LogP) is 4.98. The smallest absolute Gasteiger partial charge is 0.340 e. The summed E-state index contributed by atoms with van der Waals surface area (Å²) in [7, 11) is 1.36. The van der Waals surface area contributed by atoms with Gasteiger partial charge in [0.15, 0.2) is 0 Å². The van der Waals surface area contributed by atoms with Crippen LogP contribution in [0.25, 0.3) is 0 Å². The molecule has 0 saturated heterocycles. The minimum atomic E-state index is -0.398. The summed E-state index contributed by atoms with van der Waals surface area (Å²) in [6.45, 7) is 6.27. The average molecular weight is 324 g/mol. The van der Waals surface area contributed by atoms with E-state index in [-0.39, 0.29) is 6.04 Å². The lowest BCUT2D eigenvalue weighted by Gasteiger charge is -2.18. The van der Waals surface area contributed by atoms with Crippen LogP contribution in [0.15, 0.2) is 24.3 Å². The van der Waals surface area contributed by atoms with Gasteiger partial charge in [-0.25, -0.2) is 4.79 Å². The van der Waals surface area contributed by atoms with Crippen LogP contribution in [-0.4, -0.2) is 13.1 Å². The second-order valence-electron chi connectivity index (χ2n) is 4.92. The highest BCUT2D eigenvalue weighted by Gasteiger charge is 2.16. The lowest BCUT2D eigenvalue weighted by Crippen LogP contribution is -2.12. The van der Waals surface area contributed by atoms with E-state index in [0.29, 0.717) is 10.6 Å². The summed E-state index contributed by atoms with van der Waals surface area (Å²) in [5, 5.41) is 3.88. The van der Waals surface area contributed by atoms with Gasteiger partial charge in [0.2, 0.25) is 0 Å². The molecule has 1 N–H and O–H groups in total. The number of rotatable bonds is 4. The summed E-state index contributed by atoms with van der Waals surface area (Å²) in [5.41, 5.74) is 2.41. The second-order valence-corrected chi connectivity index (χ2v) is 6.81. The van der Waals surface area contributed by atoms with Crippen LogP contribution in [0.1, 0.15) is 38.6 Å². The molecule has 0 amide bonds. The molecule has 0 radical (unpaired) electrons. The van der Waals surface area contributed by atoms with Crippen LogP contribution in [-0.2, 0) is 4.74 Å². The van der Waals surface area contributed by atoms with E-state index in [1.165, 1.54) is 22.4 Å². The molecule has 0 spiro atoms. The van der Waals surface area contributed by atoms with E-state index in [2.05, 4.69) is 32.2 Å². The van der Waals surface area contributed by atoms with Crippen LogP contribution < -0.4 is 5.32 Å². The van der Waals surface area contributed by atoms with Gasteiger partial charge in [0.1, 0.15) is 0 Å². The quantitative estimate of drug-likeness (QED) is 0.806. The van der Waals surface area contributed by atoms with E-state index in [1.54, 1.807) is 29.5 Å². The first-order valence-corrected chi connectivity index (χ1v) is 7.83. The first-order chi connectivity index (χ1) is 9.92. The molecule has 3 nitrogen and oxygen atoms in total. The van der Waals surface area contributed by atoms with Gasteiger partial charge in [0.25, 0.3) is 0 Å². The number of aryl methyl sites for hydroxylation is 2. The van der Waals surface area contributed by atoms with Gasteiger partial charge >= 0.3 is 5.97 Å². The first kappa shape index (κ1) is 15.9. The van der Waals surface area contributed by atoms with Crippen molar-refractivity contribution in [3.63, 3.8) is 0 Å². The molecule has 5 heteroatoms. The van der Waals surface area contributed by atoms with Crippen LogP contribution in [0.5, 0.6) is 0 Å². The number of anilines is 1. The highest BCUT2D eigenvalue weighted by molar-refractivity contribution is 7.12. The number of carbonyl (C=O) groups excluding carboxylic acids is 1. The monoisotopic (exact) mass is 323 g/mol.